The quantitative estimate of drug-likeness (QED) is 0.645. The predicted octanol–water partition coefficient (Wildman–Crippen LogP) is 1.21. The van der Waals surface area contributed by atoms with Crippen LogP contribution >= 0.6 is 0 Å². The number of nitrogens with zero attached hydrogens (tertiary/aromatic N) is 1. The van der Waals surface area contributed by atoms with Crippen molar-refractivity contribution in [2.45, 2.75) is 32.2 Å². The molecule has 60 valence electrons. The molecule has 2 rings (SSSR count). The monoisotopic (exact) mass is 152 g/mol. The second-order valence-electron chi connectivity index (χ2n) is 3.19. The van der Waals surface area contributed by atoms with Gasteiger partial charge in [0.25, 0.3) is 0 Å². The molecule has 0 amide bonds. The molecule has 0 spiro atoms. The molecule has 3 nitrogen and oxygen atoms in total. The van der Waals surface area contributed by atoms with Crippen LogP contribution in [0.15, 0.2) is 11.0 Å². The van der Waals surface area contributed by atoms with Gasteiger partial charge in [0.05, 0.1) is 0 Å². The van der Waals surface area contributed by atoms with E-state index in [4.69, 9.17) is 0 Å². The first-order chi connectivity index (χ1) is 5.29. The Bertz CT molecular complexity index is 306. The van der Waals surface area contributed by atoms with Gasteiger partial charge in [-0.25, -0.2) is 4.79 Å². The molecule has 1 aliphatic rings. The highest BCUT2D eigenvalue weighted by atomic mass is 16.1. The Morgan fingerprint density at radius 1 is 1.64 bits per heavy atom. The third kappa shape index (κ3) is 0.914. The molecule has 0 aromatic carbocycles. The van der Waals surface area contributed by atoms with E-state index in [0.717, 1.165) is 5.69 Å². The second kappa shape index (κ2) is 2.26. The molecule has 1 saturated carbocycles. The lowest BCUT2D eigenvalue weighted by molar-refractivity contribution is 0.303. The van der Waals surface area contributed by atoms with Gasteiger partial charge in [-0.1, -0.05) is 0 Å². The van der Waals surface area contributed by atoms with Gasteiger partial charge in [0.1, 0.15) is 0 Å². The van der Waals surface area contributed by atoms with Crippen LogP contribution in [-0.2, 0) is 0 Å². The minimum atomic E-state index is 0.0483. The van der Waals surface area contributed by atoms with Gasteiger partial charge in [-0.2, -0.15) is 0 Å². The summed E-state index contributed by atoms with van der Waals surface area (Å²) in [5.41, 5.74) is 1.10. The Morgan fingerprint density at radius 3 is 2.73 bits per heavy atom. The van der Waals surface area contributed by atoms with E-state index in [-0.39, 0.29) is 5.69 Å². The maximum absolute atomic E-state index is 11.2. The van der Waals surface area contributed by atoms with E-state index < -0.39 is 0 Å². The van der Waals surface area contributed by atoms with Crippen LogP contribution in [0.2, 0.25) is 0 Å². The van der Waals surface area contributed by atoms with Gasteiger partial charge in [0.2, 0.25) is 0 Å². The lowest BCUT2D eigenvalue weighted by Gasteiger charge is -2.26. The lowest BCUT2D eigenvalue weighted by atomic mass is 9.93. The molecular formula is C8H12N2O. The number of aryl methyl sites for hydroxylation is 1. The Morgan fingerprint density at radius 2 is 2.36 bits per heavy atom. The Labute approximate surface area is 65.1 Å². The SMILES string of the molecule is Cc1c[nH]c(=O)n1C1CCC1. The molecule has 1 aromatic heterocycles. The highest BCUT2D eigenvalue weighted by Gasteiger charge is 2.21. The van der Waals surface area contributed by atoms with Gasteiger partial charge >= 0.3 is 5.69 Å². The number of nitrogens with one attached hydrogen (secondary N) is 1. The average Bonchev–Trinajstić information content (AvgIpc) is 2.15. The van der Waals surface area contributed by atoms with Crippen LogP contribution < -0.4 is 5.69 Å². The average molecular weight is 152 g/mol. The van der Waals surface area contributed by atoms with Crippen molar-refractivity contribution >= 4 is 0 Å². The molecule has 0 radical (unpaired) electrons. The Hall–Kier alpha value is -0.990. The van der Waals surface area contributed by atoms with Gasteiger partial charge in [-0.3, -0.25) is 4.57 Å². The summed E-state index contributed by atoms with van der Waals surface area (Å²) >= 11 is 0. The van der Waals surface area contributed by atoms with Crippen molar-refractivity contribution in [2.24, 2.45) is 0 Å². The molecule has 1 N–H and O–H groups in total. The van der Waals surface area contributed by atoms with E-state index in [9.17, 15) is 4.79 Å². The van der Waals surface area contributed by atoms with Crippen LogP contribution in [0.25, 0.3) is 0 Å². The Kier molecular flexibility index (Phi) is 1.37. The van der Waals surface area contributed by atoms with Crippen LogP contribution in [0.1, 0.15) is 31.0 Å². The van der Waals surface area contributed by atoms with Gasteiger partial charge in [-0.05, 0) is 26.2 Å². The van der Waals surface area contributed by atoms with E-state index in [1.165, 1.54) is 19.3 Å². The first-order valence-electron chi connectivity index (χ1n) is 4.05. The minimum Gasteiger partial charge on any atom is -0.312 e. The van der Waals surface area contributed by atoms with Crippen molar-refractivity contribution in [1.29, 1.82) is 0 Å². The molecule has 11 heavy (non-hydrogen) atoms. The van der Waals surface area contributed by atoms with Gasteiger partial charge in [-0.15, -0.1) is 0 Å². The van der Waals surface area contributed by atoms with Crippen LogP contribution in [0.4, 0.5) is 0 Å². The van der Waals surface area contributed by atoms with Crippen molar-refractivity contribution in [3.05, 3.63) is 22.4 Å². The summed E-state index contributed by atoms with van der Waals surface area (Å²) in [6.45, 7) is 1.97. The summed E-state index contributed by atoms with van der Waals surface area (Å²) in [4.78, 5) is 13.9. The first kappa shape index (κ1) is 6.70. The molecule has 1 aliphatic carbocycles. The van der Waals surface area contributed by atoms with Crippen LogP contribution in [0, 0.1) is 6.92 Å². The van der Waals surface area contributed by atoms with E-state index in [0.29, 0.717) is 6.04 Å². The van der Waals surface area contributed by atoms with Gasteiger partial charge in [0, 0.05) is 17.9 Å². The topological polar surface area (TPSA) is 37.8 Å². The second-order valence-corrected chi connectivity index (χ2v) is 3.19. The number of aromatic nitrogens is 2. The summed E-state index contributed by atoms with van der Waals surface area (Å²) < 4.78 is 1.86. The smallest absolute Gasteiger partial charge is 0.312 e. The number of hydrogen-bond donors (Lipinski definition) is 1. The highest BCUT2D eigenvalue weighted by Crippen LogP contribution is 2.30. The number of imidazole rings is 1. The number of H-pyrrole nitrogens is 1. The number of rotatable bonds is 1. The normalized spacial score (nSPS) is 18.3. The van der Waals surface area contributed by atoms with E-state index in [1.807, 2.05) is 11.5 Å². The summed E-state index contributed by atoms with van der Waals surface area (Å²) in [6, 6.07) is 0.480. The number of aromatic amines is 1. The zero-order valence-electron chi connectivity index (χ0n) is 6.63. The minimum absolute atomic E-state index is 0.0483. The van der Waals surface area contributed by atoms with E-state index in [2.05, 4.69) is 4.98 Å². The summed E-state index contributed by atoms with van der Waals surface area (Å²) in [7, 11) is 0. The molecular weight excluding hydrogens is 140 g/mol. The zero-order chi connectivity index (χ0) is 7.84. The predicted molar refractivity (Wildman–Crippen MR) is 42.7 cm³/mol. The molecule has 0 saturated heterocycles. The third-order valence-corrected chi connectivity index (χ3v) is 2.44. The fourth-order valence-corrected chi connectivity index (χ4v) is 1.56. The largest absolute Gasteiger partial charge is 0.325 e. The lowest BCUT2D eigenvalue weighted by Crippen LogP contribution is -2.27. The van der Waals surface area contributed by atoms with Crippen LogP contribution in [0.5, 0.6) is 0 Å². The third-order valence-electron chi connectivity index (χ3n) is 2.44. The maximum Gasteiger partial charge on any atom is 0.325 e. The summed E-state index contributed by atoms with van der Waals surface area (Å²) in [5, 5.41) is 0. The molecule has 1 heterocycles. The van der Waals surface area contributed by atoms with Crippen molar-refractivity contribution in [2.75, 3.05) is 0 Å². The van der Waals surface area contributed by atoms with E-state index >= 15 is 0 Å². The Balaban J connectivity index is 2.41. The van der Waals surface area contributed by atoms with Crippen LogP contribution in [-0.4, -0.2) is 9.55 Å². The standard InChI is InChI=1S/C8H12N2O/c1-6-5-9-8(11)10(6)7-3-2-4-7/h5,7H,2-4H2,1H3,(H,9,11). The maximum atomic E-state index is 11.2. The summed E-state index contributed by atoms with van der Waals surface area (Å²) in [6.07, 6.45) is 5.37. The fraction of sp³-hybridized carbons (Fsp3) is 0.625. The summed E-state index contributed by atoms with van der Waals surface area (Å²) in [5.74, 6) is 0. The fourth-order valence-electron chi connectivity index (χ4n) is 1.56. The molecule has 0 bridgehead atoms. The molecule has 0 aliphatic heterocycles. The van der Waals surface area contributed by atoms with Gasteiger partial charge < -0.3 is 4.98 Å². The van der Waals surface area contributed by atoms with Crippen molar-refractivity contribution < 1.29 is 0 Å². The highest BCUT2D eigenvalue weighted by molar-refractivity contribution is 4.98. The van der Waals surface area contributed by atoms with Crippen molar-refractivity contribution in [1.82, 2.24) is 9.55 Å². The number of hydrogen-bond acceptors (Lipinski definition) is 1. The van der Waals surface area contributed by atoms with Crippen molar-refractivity contribution in [3.8, 4) is 0 Å². The van der Waals surface area contributed by atoms with Gasteiger partial charge in [0.15, 0.2) is 0 Å². The molecule has 0 unspecified atom stereocenters. The van der Waals surface area contributed by atoms with E-state index in [1.54, 1.807) is 6.20 Å². The zero-order valence-corrected chi connectivity index (χ0v) is 6.63. The molecule has 0 atom stereocenters. The molecule has 1 fully saturated rings. The van der Waals surface area contributed by atoms with Crippen LogP contribution in [0.3, 0.4) is 0 Å². The van der Waals surface area contributed by atoms with Crippen molar-refractivity contribution in [3.63, 3.8) is 0 Å². The first-order valence-corrected chi connectivity index (χ1v) is 4.05. The molecule has 3 heteroatoms. The molecule has 1 aromatic rings.